The SMILES string of the molecule is NCCCCC(N)C(=O)NCC(=O)NC(CC(=O)O)C(=O)NC(Cc1cnc[nH]1)C(=O)O. The van der Waals surface area contributed by atoms with Crippen LogP contribution in [0.5, 0.6) is 0 Å². The van der Waals surface area contributed by atoms with Crippen molar-refractivity contribution in [2.24, 2.45) is 11.5 Å². The lowest BCUT2D eigenvalue weighted by Gasteiger charge is -2.20. The van der Waals surface area contributed by atoms with E-state index in [0.717, 1.165) is 0 Å². The van der Waals surface area contributed by atoms with Crippen molar-refractivity contribution in [3.63, 3.8) is 0 Å². The number of carbonyl (C=O) groups is 5. The Labute approximate surface area is 183 Å². The number of aliphatic carboxylic acids is 2. The monoisotopic (exact) mass is 455 g/mol. The van der Waals surface area contributed by atoms with Gasteiger partial charge in [-0.1, -0.05) is 6.42 Å². The zero-order valence-corrected chi connectivity index (χ0v) is 17.4. The van der Waals surface area contributed by atoms with Crippen molar-refractivity contribution in [2.75, 3.05) is 13.1 Å². The smallest absolute Gasteiger partial charge is 0.326 e. The fraction of sp³-hybridized carbons (Fsp3) is 0.556. The van der Waals surface area contributed by atoms with Gasteiger partial charge in [-0.2, -0.15) is 0 Å². The summed E-state index contributed by atoms with van der Waals surface area (Å²) in [6.45, 7) is -0.0717. The van der Waals surface area contributed by atoms with Gasteiger partial charge in [0.15, 0.2) is 0 Å². The highest BCUT2D eigenvalue weighted by Crippen LogP contribution is 2.02. The average Bonchev–Trinajstić information content (AvgIpc) is 3.23. The second-order valence-corrected chi connectivity index (χ2v) is 7.01. The van der Waals surface area contributed by atoms with Gasteiger partial charge in [-0.05, 0) is 19.4 Å². The molecule has 1 aromatic heterocycles. The molecule has 3 unspecified atom stereocenters. The quantitative estimate of drug-likeness (QED) is 0.125. The lowest BCUT2D eigenvalue weighted by molar-refractivity contribution is -0.143. The zero-order chi connectivity index (χ0) is 24.1. The number of unbranched alkanes of at least 4 members (excludes halogenated alkanes) is 1. The first kappa shape index (κ1) is 26.5. The van der Waals surface area contributed by atoms with Crippen molar-refractivity contribution < 1.29 is 34.2 Å². The summed E-state index contributed by atoms with van der Waals surface area (Å²) in [5, 5.41) is 25.0. The fourth-order valence-electron chi connectivity index (χ4n) is 2.66. The Kier molecular flexibility index (Phi) is 11.4. The number of aromatic amines is 1. The van der Waals surface area contributed by atoms with E-state index in [1.807, 2.05) is 0 Å². The Morgan fingerprint density at radius 2 is 1.78 bits per heavy atom. The van der Waals surface area contributed by atoms with E-state index >= 15 is 0 Å². The van der Waals surface area contributed by atoms with Crippen LogP contribution < -0.4 is 27.4 Å². The summed E-state index contributed by atoms with van der Waals surface area (Å²) < 4.78 is 0. The molecular weight excluding hydrogens is 426 g/mol. The van der Waals surface area contributed by atoms with Crippen molar-refractivity contribution in [1.29, 1.82) is 0 Å². The highest BCUT2D eigenvalue weighted by atomic mass is 16.4. The molecule has 0 spiro atoms. The molecule has 0 saturated carbocycles. The molecule has 0 fully saturated rings. The van der Waals surface area contributed by atoms with Crippen LogP contribution in [0.3, 0.4) is 0 Å². The number of nitrogens with zero attached hydrogens (tertiary/aromatic N) is 1. The summed E-state index contributed by atoms with van der Waals surface area (Å²) in [4.78, 5) is 65.5. The molecule has 32 heavy (non-hydrogen) atoms. The minimum absolute atomic E-state index is 0.132. The molecule has 3 amide bonds. The van der Waals surface area contributed by atoms with E-state index in [2.05, 4.69) is 25.9 Å². The number of rotatable bonds is 15. The van der Waals surface area contributed by atoms with Crippen LogP contribution in [-0.2, 0) is 30.4 Å². The summed E-state index contributed by atoms with van der Waals surface area (Å²) in [6.07, 6.45) is 3.51. The minimum atomic E-state index is -1.56. The molecule has 1 rings (SSSR count). The van der Waals surface area contributed by atoms with Crippen molar-refractivity contribution in [2.45, 2.75) is 50.2 Å². The lowest BCUT2D eigenvalue weighted by Crippen LogP contribution is -2.54. The molecule has 0 bridgehead atoms. The molecule has 178 valence electrons. The van der Waals surface area contributed by atoms with E-state index in [0.29, 0.717) is 31.5 Å². The van der Waals surface area contributed by atoms with E-state index in [1.165, 1.54) is 12.5 Å². The molecule has 0 aliphatic carbocycles. The van der Waals surface area contributed by atoms with Gasteiger partial charge >= 0.3 is 11.9 Å². The summed E-state index contributed by atoms with van der Waals surface area (Å²) >= 11 is 0. The highest BCUT2D eigenvalue weighted by molar-refractivity contribution is 5.94. The summed E-state index contributed by atoms with van der Waals surface area (Å²) in [7, 11) is 0. The van der Waals surface area contributed by atoms with Gasteiger partial charge in [0.1, 0.15) is 12.1 Å². The molecule has 0 aromatic carbocycles. The Morgan fingerprint density at radius 1 is 1.06 bits per heavy atom. The second-order valence-electron chi connectivity index (χ2n) is 7.01. The Bertz CT molecular complexity index is 785. The number of carbonyl (C=O) groups excluding carboxylic acids is 3. The molecule has 0 aliphatic heterocycles. The van der Waals surface area contributed by atoms with Gasteiger partial charge in [-0.15, -0.1) is 0 Å². The summed E-state index contributed by atoms with van der Waals surface area (Å²) in [5.74, 6) is -5.17. The number of hydrogen-bond acceptors (Lipinski definition) is 8. The Morgan fingerprint density at radius 3 is 2.34 bits per heavy atom. The maximum Gasteiger partial charge on any atom is 0.326 e. The van der Waals surface area contributed by atoms with Crippen LogP contribution in [-0.4, -0.2) is 81.1 Å². The molecule has 1 heterocycles. The predicted molar refractivity (Wildman–Crippen MR) is 110 cm³/mol. The number of amides is 3. The predicted octanol–water partition coefficient (Wildman–Crippen LogP) is -2.95. The average molecular weight is 455 g/mol. The van der Waals surface area contributed by atoms with E-state index < -0.39 is 60.8 Å². The number of nitrogens with one attached hydrogen (secondary N) is 4. The number of carboxylic acid groups (broad SMARTS) is 2. The number of nitrogens with two attached hydrogens (primary N) is 2. The molecule has 10 N–H and O–H groups in total. The van der Waals surface area contributed by atoms with Crippen LogP contribution in [0.1, 0.15) is 31.4 Å². The Balaban J connectivity index is 2.65. The largest absolute Gasteiger partial charge is 0.481 e. The standard InChI is InChI=1S/C18H29N7O7/c19-4-2-1-3-11(20)16(29)22-8-14(26)24-12(6-15(27)28)17(30)25-13(18(31)32)5-10-7-21-9-23-10/h7,9,11-13H,1-6,8,19-20H2,(H,21,23)(H,22,29)(H,24,26)(H,25,30)(H,27,28)(H,31,32). The van der Waals surface area contributed by atoms with Crippen LogP contribution in [0.4, 0.5) is 0 Å². The number of imidazole rings is 1. The normalized spacial score (nSPS) is 13.4. The molecule has 1 aromatic rings. The highest BCUT2D eigenvalue weighted by Gasteiger charge is 2.29. The van der Waals surface area contributed by atoms with Crippen molar-refractivity contribution in [1.82, 2.24) is 25.9 Å². The number of aromatic nitrogens is 2. The van der Waals surface area contributed by atoms with E-state index in [4.69, 9.17) is 16.6 Å². The first-order valence-electron chi connectivity index (χ1n) is 9.89. The van der Waals surface area contributed by atoms with Crippen molar-refractivity contribution >= 4 is 29.7 Å². The first-order chi connectivity index (χ1) is 15.1. The maximum atomic E-state index is 12.5. The van der Waals surface area contributed by atoms with Crippen molar-refractivity contribution in [3.8, 4) is 0 Å². The van der Waals surface area contributed by atoms with Crippen LogP contribution in [0.15, 0.2) is 12.5 Å². The number of carboxylic acids is 2. The minimum Gasteiger partial charge on any atom is -0.481 e. The van der Waals surface area contributed by atoms with E-state index in [-0.39, 0.29) is 6.42 Å². The molecule has 0 aliphatic rings. The lowest BCUT2D eigenvalue weighted by atomic mass is 10.1. The van der Waals surface area contributed by atoms with Crippen LogP contribution in [0.2, 0.25) is 0 Å². The van der Waals surface area contributed by atoms with Crippen LogP contribution in [0.25, 0.3) is 0 Å². The van der Waals surface area contributed by atoms with Gasteiger partial charge in [0.25, 0.3) is 0 Å². The Hall–Kier alpha value is -3.52. The first-order valence-corrected chi connectivity index (χ1v) is 9.89. The molecule has 14 heteroatoms. The summed E-state index contributed by atoms with van der Waals surface area (Å²) in [5.41, 5.74) is 11.5. The summed E-state index contributed by atoms with van der Waals surface area (Å²) in [6, 6.07) is -3.78. The third kappa shape index (κ3) is 9.99. The molecular formula is C18H29N7O7. The van der Waals surface area contributed by atoms with E-state index in [1.54, 1.807) is 0 Å². The van der Waals surface area contributed by atoms with Gasteiger partial charge in [-0.25, -0.2) is 9.78 Å². The van der Waals surface area contributed by atoms with Gasteiger partial charge in [0, 0.05) is 18.3 Å². The zero-order valence-electron chi connectivity index (χ0n) is 17.4. The fourth-order valence-corrected chi connectivity index (χ4v) is 2.66. The van der Waals surface area contributed by atoms with Gasteiger partial charge in [-0.3, -0.25) is 19.2 Å². The third-order valence-corrected chi connectivity index (χ3v) is 4.35. The van der Waals surface area contributed by atoms with E-state index in [9.17, 15) is 29.1 Å². The van der Waals surface area contributed by atoms with Crippen LogP contribution >= 0.6 is 0 Å². The van der Waals surface area contributed by atoms with Crippen molar-refractivity contribution in [3.05, 3.63) is 18.2 Å². The molecule has 0 saturated heterocycles. The van der Waals surface area contributed by atoms with Gasteiger partial charge < -0.3 is 42.6 Å². The van der Waals surface area contributed by atoms with Gasteiger partial charge in [0.05, 0.1) is 25.3 Å². The van der Waals surface area contributed by atoms with Crippen LogP contribution in [0, 0.1) is 0 Å². The molecule has 14 nitrogen and oxygen atoms in total. The molecule has 0 radical (unpaired) electrons. The third-order valence-electron chi connectivity index (χ3n) is 4.35. The maximum absolute atomic E-state index is 12.5. The van der Waals surface area contributed by atoms with Gasteiger partial charge in [0.2, 0.25) is 17.7 Å². The molecule has 3 atom stereocenters. The number of hydrogen-bond donors (Lipinski definition) is 8. The second kappa shape index (κ2) is 13.7. The number of H-pyrrole nitrogens is 1. The topological polar surface area (TPSA) is 243 Å².